The summed E-state index contributed by atoms with van der Waals surface area (Å²) in [6, 6.07) is -0.719. The van der Waals surface area contributed by atoms with E-state index in [0.717, 1.165) is 51.4 Å². The maximum Gasteiger partial charge on any atom is 0.306 e. The van der Waals surface area contributed by atoms with E-state index in [-0.39, 0.29) is 42.7 Å². The van der Waals surface area contributed by atoms with Crippen molar-refractivity contribution in [2.45, 2.75) is 212 Å². The Morgan fingerprint density at radius 2 is 0.962 bits per heavy atom. The summed E-state index contributed by atoms with van der Waals surface area (Å²) in [4.78, 5) is 36.5. The Morgan fingerprint density at radius 1 is 0.558 bits per heavy atom. The van der Waals surface area contributed by atoms with Gasteiger partial charge in [-0.3, -0.25) is 9.59 Å². The fraction of sp³-hybridized carbons (Fsp3) is 0.886. The summed E-state index contributed by atoms with van der Waals surface area (Å²) >= 11 is 0. The molecular weight excluding hydrogens is 654 g/mol. The molecule has 0 aromatic heterocycles. The number of carbonyl (C=O) groups is 3. The number of aliphatic carboxylic acids is 1. The van der Waals surface area contributed by atoms with Gasteiger partial charge in [0.25, 0.3) is 0 Å². The Hall–Kier alpha value is -1.93. The third-order valence-electron chi connectivity index (χ3n) is 9.90. The summed E-state index contributed by atoms with van der Waals surface area (Å²) in [5, 5.41) is 11.6. The SMILES string of the molecule is CCCCCCCCCC/C=C\CCCCCCCCCCCCCC(=O)OC(COCCC(C(=O)[O-])[N+](C)(C)C)COC(=O)CCCCCCC. The smallest absolute Gasteiger partial charge is 0.306 e. The number of unbranched alkanes of at least 4 members (excludes halogenated alkanes) is 23. The first-order chi connectivity index (χ1) is 25.1. The van der Waals surface area contributed by atoms with Gasteiger partial charge < -0.3 is 28.6 Å². The van der Waals surface area contributed by atoms with Gasteiger partial charge in [0.2, 0.25) is 0 Å². The van der Waals surface area contributed by atoms with Crippen molar-refractivity contribution in [1.29, 1.82) is 0 Å². The van der Waals surface area contributed by atoms with Crippen LogP contribution in [-0.2, 0) is 28.6 Å². The Morgan fingerprint density at radius 3 is 1.38 bits per heavy atom. The Balaban J connectivity index is 4.06. The van der Waals surface area contributed by atoms with Crippen molar-refractivity contribution >= 4 is 17.9 Å². The van der Waals surface area contributed by atoms with E-state index in [0.29, 0.717) is 12.8 Å². The fourth-order valence-corrected chi connectivity index (χ4v) is 6.48. The van der Waals surface area contributed by atoms with E-state index in [2.05, 4.69) is 26.0 Å². The number of allylic oxidation sites excluding steroid dienone is 2. The van der Waals surface area contributed by atoms with Crippen molar-refractivity contribution in [1.82, 2.24) is 0 Å². The summed E-state index contributed by atoms with van der Waals surface area (Å²) < 4.78 is 17.0. The largest absolute Gasteiger partial charge is 0.544 e. The van der Waals surface area contributed by atoms with Crippen LogP contribution in [0, 0.1) is 0 Å². The second-order valence-corrected chi connectivity index (χ2v) is 15.9. The maximum atomic E-state index is 12.6. The minimum absolute atomic E-state index is 0.0445. The average Bonchev–Trinajstić information content (AvgIpc) is 3.09. The van der Waals surface area contributed by atoms with Gasteiger partial charge in [0.1, 0.15) is 12.6 Å². The molecule has 0 aliphatic carbocycles. The van der Waals surface area contributed by atoms with Gasteiger partial charge in [-0.25, -0.2) is 0 Å². The van der Waals surface area contributed by atoms with E-state index in [1.165, 1.54) is 116 Å². The molecule has 0 aromatic carbocycles. The zero-order chi connectivity index (χ0) is 38.5. The minimum Gasteiger partial charge on any atom is -0.544 e. The van der Waals surface area contributed by atoms with Crippen molar-refractivity contribution in [3.63, 3.8) is 0 Å². The zero-order valence-corrected chi connectivity index (χ0v) is 34.7. The number of esters is 2. The minimum atomic E-state index is -1.12. The summed E-state index contributed by atoms with van der Waals surface area (Å²) in [6.45, 7) is 4.59. The number of nitrogens with zero attached hydrogens (tertiary/aromatic N) is 1. The summed E-state index contributed by atoms with van der Waals surface area (Å²) in [5.41, 5.74) is 0. The lowest BCUT2D eigenvalue weighted by Gasteiger charge is -2.34. The second kappa shape index (κ2) is 36.1. The fourth-order valence-electron chi connectivity index (χ4n) is 6.48. The molecule has 8 nitrogen and oxygen atoms in total. The molecule has 0 saturated carbocycles. The van der Waals surface area contributed by atoms with Crippen LogP contribution in [-0.4, -0.2) is 75.5 Å². The molecule has 2 atom stereocenters. The van der Waals surface area contributed by atoms with E-state index in [1.807, 2.05) is 0 Å². The van der Waals surface area contributed by atoms with Gasteiger partial charge in [0, 0.05) is 19.3 Å². The first-order valence-electron chi connectivity index (χ1n) is 21.7. The van der Waals surface area contributed by atoms with E-state index < -0.39 is 18.1 Å². The summed E-state index contributed by atoms with van der Waals surface area (Å²) in [7, 11) is 5.40. The molecule has 0 amide bonds. The number of rotatable bonds is 39. The lowest BCUT2D eigenvalue weighted by Crippen LogP contribution is -2.55. The first-order valence-corrected chi connectivity index (χ1v) is 21.7. The monoisotopic (exact) mass is 738 g/mol. The number of carboxylic acid groups (broad SMARTS) is 1. The van der Waals surface area contributed by atoms with Crippen LogP contribution in [0.25, 0.3) is 0 Å². The number of carboxylic acids is 1. The number of hydrogen-bond donors (Lipinski definition) is 0. The highest BCUT2D eigenvalue weighted by Crippen LogP contribution is 2.15. The predicted octanol–water partition coefficient (Wildman–Crippen LogP) is 10.2. The molecule has 2 unspecified atom stereocenters. The van der Waals surface area contributed by atoms with Crippen LogP contribution in [0.4, 0.5) is 0 Å². The van der Waals surface area contributed by atoms with Crippen LogP contribution in [0.1, 0.15) is 200 Å². The van der Waals surface area contributed by atoms with Crippen molar-refractivity contribution in [2.75, 3.05) is 41.0 Å². The number of likely N-dealkylation sites (N-methyl/N-ethyl adjacent to an activating group) is 1. The van der Waals surface area contributed by atoms with Crippen LogP contribution in [0.5, 0.6) is 0 Å². The molecule has 0 N–H and O–H groups in total. The van der Waals surface area contributed by atoms with Crippen molar-refractivity contribution in [3.8, 4) is 0 Å². The quantitative estimate of drug-likeness (QED) is 0.0268. The van der Waals surface area contributed by atoms with Crippen LogP contribution < -0.4 is 5.11 Å². The van der Waals surface area contributed by atoms with Gasteiger partial charge in [0.05, 0.1) is 40.3 Å². The summed E-state index contributed by atoms with van der Waals surface area (Å²) in [6.07, 6.45) is 37.1. The van der Waals surface area contributed by atoms with Crippen molar-refractivity contribution in [3.05, 3.63) is 12.2 Å². The normalized spacial score (nSPS) is 13.0. The van der Waals surface area contributed by atoms with Crippen LogP contribution in [0.15, 0.2) is 12.2 Å². The maximum absolute atomic E-state index is 12.6. The molecular formula is C44H83NO7. The van der Waals surface area contributed by atoms with E-state index >= 15 is 0 Å². The van der Waals surface area contributed by atoms with Gasteiger partial charge in [0.15, 0.2) is 6.10 Å². The molecule has 306 valence electrons. The first kappa shape index (κ1) is 50.1. The van der Waals surface area contributed by atoms with Gasteiger partial charge in [-0.05, 0) is 38.5 Å². The van der Waals surface area contributed by atoms with Crippen LogP contribution >= 0.6 is 0 Å². The highest BCUT2D eigenvalue weighted by Gasteiger charge is 2.25. The molecule has 0 aliphatic rings. The van der Waals surface area contributed by atoms with Gasteiger partial charge in [-0.1, -0.05) is 154 Å². The van der Waals surface area contributed by atoms with Crippen LogP contribution in [0.3, 0.4) is 0 Å². The van der Waals surface area contributed by atoms with Gasteiger partial charge in [-0.2, -0.15) is 0 Å². The second-order valence-electron chi connectivity index (χ2n) is 15.9. The van der Waals surface area contributed by atoms with Crippen molar-refractivity contribution in [2.24, 2.45) is 0 Å². The van der Waals surface area contributed by atoms with Gasteiger partial charge in [-0.15, -0.1) is 0 Å². The lowest BCUT2D eigenvalue weighted by molar-refractivity contribution is -0.889. The molecule has 0 aromatic rings. The third-order valence-corrected chi connectivity index (χ3v) is 9.90. The van der Waals surface area contributed by atoms with E-state index in [4.69, 9.17) is 14.2 Å². The standard InChI is InChI=1S/C44H83NO7/c1-6-8-10-12-13-14-15-16-17-18-19-20-21-22-23-24-25-26-27-28-29-31-33-35-43(47)52-40(39-51-42(46)34-32-30-11-9-7-2)38-50-37-36-41(44(48)49)45(3,4)5/h18-19,40-41H,6-17,20-39H2,1-5H3/b19-18-. The average molecular weight is 738 g/mol. The molecule has 0 aliphatic heterocycles. The highest BCUT2D eigenvalue weighted by molar-refractivity contribution is 5.70. The number of quaternary nitrogens is 1. The van der Waals surface area contributed by atoms with E-state index in [9.17, 15) is 19.5 Å². The predicted molar refractivity (Wildman–Crippen MR) is 213 cm³/mol. The topological polar surface area (TPSA) is 102 Å². The van der Waals surface area contributed by atoms with Gasteiger partial charge >= 0.3 is 11.9 Å². The number of ether oxygens (including phenoxy) is 3. The summed E-state index contributed by atoms with van der Waals surface area (Å²) in [5.74, 6) is -1.74. The van der Waals surface area contributed by atoms with Crippen molar-refractivity contribution < 1.29 is 38.2 Å². The van der Waals surface area contributed by atoms with E-state index in [1.54, 1.807) is 21.1 Å². The highest BCUT2D eigenvalue weighted by atomic mass is 16.6. The molecule has 0 fully saturated rings. The zero-order valence-electron chi connectivity index (χ0n) is 34.7. The molecule has 0 spiro atoms. The molecule has 52 heavy (non-hydrogen) atoms. The van der Waals surface area contributed by atoms with Crippen LogP contribution in [0.2, 0.25) is 0 Å². The number of carbonyl (C=O) groups excluding carboxylic acids is 3. The molecule has 0 rings (SSSR count). The third kappa shape index (κ3) is 33.9. The Kier molecular flexibility index (Phi) is 34.7. The molecule has 0 radical (unpaired) electrons. The molecule has 8 heteroatoms. The molecule has 0 heterocycles. The molecule has 0 bridgehead atoms. The Labute approximate surface area is 320 Å². The Bertz CT molecular complexity index is 869. The number of hydrogen-bond acceptors (Lipinski definition) is 7. The molecule has 0 saturated heterocycles. The lowest BCUT2D eigenvalue weighted by atomic mass is 10.0.